The number of carbonyl (C=O) groups excluding carboxylic acids is 2. The van der Waals surface area contributed by atoms with Gasteiger partial charge in [-0.1, -0.05) is 12.1 Å². The topological polar surface area (TPSA) is 52.6 Å². The summed E-state index contributed by atoms with van der Waals surface area (Å²) in [7, 11) is 1.98. The zero-order chi connectivity index (χ0) is 17.2. The molecule has 1 heterocycles. The Morgan fingerprint density at radius 2 is 1.87 bits per heavy atom. The first-order valence-electron chi connectivity index (χ1n) is 7.82. The van der Waals surface area contributed by atoms with Gasteiger partial charge in [0.2, 0.25) is 0 Å². The van der Waals surface area contributed by atoms with Gasteiger partial charge in [0.1, 0.15) is 11.4 Å². The van der Waals surface area contributed by atoms with Crippen LogP contribution < -0.4 is 5.32 Å². The zero-order valence-corrected chi connectivity index (χ0v) is 14.1. The van der Waals surface area contributed by atoms with Gasteiger partial charge in [-0.05, 0) is 51.9 Å². The first-order chi connectivity index (χ1) is 10.7. The summed E-state index contributed by atoms with van der Waals surface area (Å²) in [4.78, 5) is 27.3. The van der Waals surface area contributed by atoms with Crippen molar-refractivity contribution in [3.63, 3.8) is 0 Å². The molecule has 6 heteroatoms. The minimum absolute atomic E-state index is 0.134. The lowest BCUT2D eigenvalue weighted by molar-refractivity contribution is -0.130. The van der Waals surface area contributed by atoms with Crippen molar-refractivity contribution >= 4 is 11.9 Å². The van der Waals surface area contributed by atoms with Crippen LogP contribution in [0.4, 0.5) is 9.18 Å². The van der Waals surface area contributed by atoms with Gasteiger partial charge in [-0.15, -0.1) is 0 Å². The molecule has 23 heavy (non-hydrogen) atoms. The lowest BCUT2D eigenvalue weighted by Crippen LogP contribution is -2.40. The number of benzene rings is 1. The number of hydrogen-bond donors (Lipinski definition) is 1. The van der Waals surface area contributed by atoms with Crippen LogP contribution in [0.5, 0.6) is 0 Å². The van der Waals surface area contributed by atoms with E-state index in [9.17, 15) is 14.0 Å². The molecule has 0 spiro atoms. The van der Waals surface area contributed by atoms with Crippen molar-refractivity contribution in [3.05, 3.63) is 35.6 Å². The Balaban J connectivity index is 1.85. The van der Waals surface area contributed by atoms with Gasteiger partial charge in [0.25, 0.3) is 5.91 Å². The van der Waals surface area contributed by atoms with Crippen molar-refractivity contribution in [2.24, 2.45) is 0 Å². The summed E-state index contributed by atoms with van der Waals surface area (Å²) in [5, 5.41) is 2.67. The smallest absolute Gasteiger partial charge is 0.324 e. The largest absolute Gasteiger partial charge is 0.325 e. The Bertz CT molecular complexity index is 586. The molecular weight excluding hydrogens is 297 g/mol. The van der Waals surface area contributed by atoms with Gasteiger partial charge >= 0.3 is 6.03 Å². The molecule has 1 unspecified atom stereocenters. The molecule has 1 aromatic rings. The van der Waals surface area contributed by atoms with Crippen LogP contribution in [0.3, 0.4) is 0 Å². The highest BCUT2D eigenvalue weighted by molar-refractivity contribution is 6.06. The molecule has 0 saturated carbocycles. The van der Waals surface area contributed by atoms with Gasteiger partial charge in [-0.25, -0.2) is 9.18 Å². The van der Waals surface area contributed by atoms with Gasteiger partial charge in [0.15, 0.2) is 0 Å². The standard InChI is InChI=1S/C17H24FN3O2/c1-12(13-6-8-14(18)9-7-13)20(4)10-5-11-21-15(22)17(2,3)19-16(21)23/h6-9,12H,5,10-11H2,1-4H3,(H,19,23). The summed E-state index contributed by atoms with van der Waals surface area (Å²) in [6, 6.07) is 6.26. The van der Waals surface area contributed by atoms with Gasteiger partial charge in [-0.3, -0.25) is 14.6 Å². The molecule has 1 aliphatic rings. The van der Waals surface area contributed by atoms with E-state index in [1.54, 1.807) is 26.0 Å². The normalized spacial score (nSPS) is 18.4. The van der Waals surface area contributed by atoms with Crippen LogP contribution in [-0.2, 0) is 4.79 Å². The fraction of sp³-hybridized carbons (Fsp3) is 0.529. The number of rotatable bonds is 6. The van der Waals surface area contributed by atoms with Crippen molar-refractivity contribution in [3.8, 4) is 0 Å². The van der Waals surface area contributed by atoms with E-state index >= 15 is 0 Å². The van der Waals surface area contributed by atoms with Crippen LogP contribution in [0.15, 0.2) is 24.3 Å². The van der Waals surface area contributed by atoms with Crippen LogP contribution >= 0.6 is 0 Å². The maximum Gasteiger partial charge on any atom is 0.325 e. The molecule has 0 aromatic heterocycles. The number of imide groups is 1. The number of urea groups is 1. The summed E-state index contributed by atoms with van der Waals surface area (Å²) < 4.78 is 13.0. The second-order valence-corrected chi connectivity index (χ2v) is 6.57. The van der Waals surface area contributed by atoms with Crippen molar-refractivity contribution in [2.45, 2.75) is 38.8 Å². The quantitative estimate of drug-likeness (QED) is 0.819. The maximum absolute atomic E-state index is 13.0. The molecule has 2 rings (SSSR count). The minimum Gasteiger partial charge on any atom is -0.324 e. The van der Waals surface area contributed by atoms with Crippen molar-refractivity contribution in [1.82, 2.24) is 15.1 Å². The first kappa shape index (κ1) is 17.4. The van der Waals surface area contributed by atoms with E-state index in [1.165, 1.54) is 17.0 Å². The fourth-order valence-electron chi connectivity index (χ4n) is 2.69. The molecule has 1 aliphatic heterocycles. The van der Waals surface area contributed by atoms with E-state index in [4.69, 9.17) is 0 Å². The van der Waals surface area contributed by atoms with Crippen LogP contribution in [-0.4, -0.2) is 47.4 Å². The number of hydrogen-bond acceptors (Lipinski definition) is 3. The third-order valence-electron chi connectivity index (χ3n) is 4.35. The number of nitrogens with zero attached hydrogens (tertiary/aromatic N) is 2. The van der Waals surface area contributed by atoms with Gasteiger partial charge in [-0.2, -0.15) is 0 Å². The molecule has 1 saturated heterocycles. The Morgan fingerprint density at radius 1 is 1.26 bits per heavy atom. The monoisotopic (exact) mass is 321 g/mol. The van der Waals surface area contributed by atoms with Crippen LogP contribution in [0.25, 0.3) is 0 Å². The average molecular weight is 321 g/mol. The van der Waals surface area contributed by atoms with Crippen LogP contribution in [0.1, 0.15) is 38.8 Å². The molecule has 1 N–H and O–H groups in total. The maximum atomic E-state index is 13.0. The first-order valence-corrected chi connectivity index (χ1v) is 7.82. The Hall–Kier alpha value is -1.95. The van der Waals surface area contributed by atoms with E-state index in [1.807, 2.05) is 14.0 Å². The van der Waals surface area contributed by atoms with Gasteiger partial charge in [0.05, 0.1) is 0 Å². The Morgan fingerprint density at radius 3 is 2.39 bits per heavy atom. The van der Waals surface area contributed by atoms with Crippen molar-refractivity contribution < 1.29 is 14.0 Å². The minimum atomic E-state index is -0.815. The summed E-state index contributed by atoms with van der Waals surface area (Å²) in [5.41, 5.74) is 0.217. The molecule has 1 fully saturated rings. The van der Waals surface area contributed by atoms with E-state index in [-0.39, 0.29) is 23.8 Å². The average Bonchev–Trinajstić information content (AvgIpc) is 2.68. The molecule has 0 radical (unpaired) electrons. The molecule has 1 atom stereocenters. The van der Waals surface area contributed by atoms with Gasteiger partial charge < -0.3 is 5.32 Å². The van der Waals surface area contributed by atoms with Crippen molar-refractivity contribution in [2.75, 3.05) is 20.1 Å². The number of halogens is 1. The molecular formula is C17H24FN3O2. The summed E-state index contributed by atoms with van der Waals surface area (Å²) >= 11 is 0. The van der Waals surface area contributed by atoms with E-state index < -0.39 is 5.54 Å². The molecule has 5 nitrogen and oxygen atoms in total. The lowest BCUT2D eigenvalue weighted by atomic mass is 10.1. The SMILES string of the molecule is CC(c1ccc(F)cc1)N(C)CCCN1C(=O)NC(C)(C)C1=O. The lowest BCUT2D eigenvalue weighted by Gasteiger charge is -2.26. The Kier molecular flexibility index (Phi) is 5.04. The highest BCUT2D eigenvalue weighted by Crippen LogP contribution is 2.20. The summed E-state index contributed by atoms with van der Waals surface area (Å²) in [6.07, 6.45) is 0.692. The molecule has 1 aromatic carbocycles. The van der Waals surface area contributed by atoms with Crippen LogP contribution in [0.2, 0.25) is 0 Å². The third kappa shape index (κ3) is 3.88. The second kappa shape index (κ2) is 6.66. The molecule has 0 bridgehead atoms. The highest BCUT2D eigenvalue weighted by atomic mass is 19.1. The Labute approximate surface area is 136 Å². The van der Waals surface area contributed by atoms with Gasteiger partial charge in [0, 0.05) is 19.1 Å². The summed E-state index contributed by atoms with van der Waals surface area (Å²) in [6.45, 7) is 6.58. The van der Waals surface area contributed by atoms with E-state index in [0.29, 0.717) is 13.0 Å². The van der Waals surface area contributed by atoms with Crippen molar-refractivity contribution in [1.29, 1.82) is 0 Å². The molecule has 3 amide bonds. The number of carbonyl (C=O) groups is 2. The van der Waals surface area contributed by atoms with Crippen LogP contribution in [0, 0.1) is 5.82 Å². The number of amides is 3. The zero-order valence-electron chi connectivity index (χ0n) is 14.1. The fourth-order valence-corrected chi connectivity index (χ4v) is 2.69. The van der Waals surface area contributed by atoms with E-state index in [0.717, 1.165) is 12.1 Å². The molecule has 0 aliphatic carbocycles. The molecule has 126 valence electrons. The predicted octanol–water partition coefficient (Wildman–Crippen LogP) is 2.54. The highest BCUT2D eigenvalue weighted by Gasteiger charge is 2.43. The third-order valence-corrected chi connectivity index (χ3v) is 4.35. The second-order valence-electron chi connectivity index (χ2n) is 6.57. The predicted molar refractivity (Wildman–Crippen MR) is 86.4 cm³/mol. The number of nitrogens with one attached hydrogen (secondary N) is 1. The van der Waals surface area contributed by atoms with E-state index in [2.05, 4.69) is 10.2 Å². The summed E-state index contributed by atoms with van der Waals surface area (Å²) in [5.74, 6) is -0.429.